The van der Waals surface area contributed by atoms with E-state index in [2.05, 4.69) is 46.4 Å². The molecule has 0 radical (unpaired) electrons. The molecule has 0 aliphatic rings. The molecule has 1 heterocycles. The third-order valence-electron chi connectivity index (χ3n) is 2.28. The molecule has 4 nitrogen and oxygen atoms in total. The van der Waals surface area contributed by atoms with Crippen molar-refractivity contribution in [2.45, 2.75) is 17.0 Å². The maximum Gasteiger partial charge on any atom is 0.233 e. The molecule has 19 heavy (non-hydrogen) atoms. The summed E-state index contributed by atoms with van der Waals surface area (Å²) in [5, 5.41) is 8.86. The van der Waals surface area contributed by atoms with E-state index in [-0.39, 0.29) is 0 Å². The first-order chi connectivity index (χ1) is 9.13. The molecule has 0 bridgehead atoms. The zero-order valence-corrected chi connectivity index (χ0v) is 12.8. The normalized spacial score (nSPS) is 11.1. The zero-order valence-electron chi connectivity index (χ0n) is 11.2. The van der Waals surface area contributed by atoms with E-state index in [1.165, 1.54) is 22.5 Å². The number of aliphatic imine (C=N–C) groups is 1. The topological polar surface area (TPSA) is 41.4 Å². The highest BCUT2D eigenvalue weighted by molar-refractivity contribution is 8.00. The number of aryl methyl sites for hydroxylation is 1. The van der Waals surface area contributed by atoms with Crippen LogP contribution in [0.5, 0.6) is 0 Å². The highest BCUT2D eigenvalue weighted by Gasteiger charge is 2.04. The van der Waals surface area contributed by atoms with Gasteiger partial charge in [0.15, 0.2) is 4.34 Å². The van der Waals surface area contributed by atoms with Gasteiger partial charge in [0.05, 0.1) is 6.34 Å². The number of nitrogens with zero attached hydrogens (tertiary/aromatic N) is 4. The van der Waals surface area contributed by atoms with E-state index in [0.29, 0.717) is 5.13 Å². The minimum absolute atomic E-state index is 0.695. The highest BCUT2D eigenvalue weighted by atomic mass is 32.2. The fourth-order valence-corrected chi connectivity index (χ4v) is 2.94. The van der Waals surface area contributed by atoms with Crippen LogP contribution in [0.1, 0.15) is 11.1 Å². The largest absolute Gasteiger partial charge is 0.369 e. The van der Waals surface area contributed by atoms with E-state index in [1.54, 1.807) is 18.1 Å². The molecule has 0 fully saturated rings. The number of hydrogen-bond donors (Lipinski definition) is 0. The molecule has 1 aromatic carbocycles. The Balaban J connectivity index is 1.91. The summed E-state index contributed by atoms with van der Waals surface area (Å²) in [6.07, 6.45) is 1.73. The predicted molar refractivity (Wildman–Crippen MR) is 82.5 cm³/mol. The van der Waals surface area contributed by atoms with Crippen LogP contribution in [0.15, 0.2) is 33.6 Å². The molecule has 0 spiro atoms. The van der Waals surface area contributed by atoms with Crippen LogP contribution >= 0.6 is 23.1 Å². The Bertz CT molecular complexity index is 546. The van der Waals surface area contributed by atoms with E-state index >= 15 is 0 Å². The third-order valence-corrected chi connectivity index (χ3v) is 4.31. The Morgan fingerprint density at radius 3 is 2.68 bits per heavy atom. The molecule has 2 aromatic rings. The fraction of sp³-hybridized carbons (Fsp3) is 0.308. The van der Waals surface area contributed by atoms with Crippen molar-refractivity contribution >= 4 is 34.6 Å². The van der Waals surface area contributed by atoms with E-state index in [1.807, 2.05) is 19.0 Å². The summed E-state index contributed by atoms with van der Waals surface area (Å²) in [5.74, 6) is 0.909. The molecule has 0 saturated heterocycles. The van der Waals surface area contributed by atoms with Crippen molar-refractivity contribution in [3.05, 3.63) is 35.4 Å². The van der Waals surface area contributed by atoms with Crippen LogP contribution in [0.25, 0.3) is 0 Å². The van der Waals surface area contributed by atoms with Crippen molar-refractivity contribution in [3.8, 4) is 0 Å². The number of benzene rings is 1. The first-order valence-corrected chi connectivity index (χ1v) is 7.66. The summed E-state index contributed by atoms with van der Waals surface area (Å²) in [6.45, 7) is 2.09. The first-order valence-electron chi connectivity index (χ1n) is 5.86. The number of thioether (sulfide) groups is 1. The molecule has 0 aliphatic carbocycles. The Morgan fingerprint density at radius 1 is 1.26 bits per heavy atom. The minimum atomic E-state index is 0.695. The Labute approximate surface area is 121 Å². The predicted octanol–water partition coefficient (Wildman–Crippen LogP) is 3.36. The first kappa shape index (κ1) is 14.0. The molecule has 0 aliphatic heterocycles. The van der Waals surface area contributed by atoms with Gasteiger partial charge in [0, 0.05) is 19.8 Å². The monoisotopic (exact) mass is 292 g/mol. The van der Waals surface area contributed by atoms with Gasteiger partial charge in [0.2, 0.25) is 5.13 Å². The van der Waals surface area contributed by atoms with Crippen LogP contribution in [0.2, 0.25) is 0 Å². The van der Waals surface area contributed by atoms with Gasteiger partial charge in [-0.2, -0.15) is 0 Å². The molecule has 0 atom stereocenters. The van der Waals surface area contributed by atoms with E-state index in [0.717, 1.165) is 10.1 Å². The van der Waals surface area contributed by atoms with Crippen LogP contribution in [0, 0.1) is 6.92 Å². The Hall–Kier alpha value is -1.40. The number of hydrogen-bond acceptors (Lipinski definition) is 5. The summed E-state index contributed by atoms with van der Waals surface area (Å²) in [7, 11) is 3.86. The zero-order chi connectivity index (χ0) is 13.7. The van der Waals surface area contributed by atoms with Gasteiger partial charge >= 0.3 is 0 Å². The summed E-state index contributed by atoms with van der Waals surface area (Å²) < 4.78 is 0.950. The van der Waals surface area contributed by atoms with E-state index in [4.69, 9.17) is 0 Å². The van der Waals surface area contributed by atoms with Gasteiger partial charge < -0.3 is 4.90 Å². The average molecular weight is 292 g/mol. The highest BCUT2D eigenvalue weighted by Crippen LogP contribution is 2.29. The van der Waals surface area contributed by atoms with Gasteiger partial charge in [-0.25, -0.2) is 4.99 Å². The number of rotatable bonds is 5. The van der Waals surface area contributed by atoms with Gasteiger partial charge in [-0.3, -0.25) is 0 Å². The van der Waals surface area contributed by atoms with Crippen LogP contribution in [-0.4, -0.2) is 35.5 Å². The molecule has 0 amide bonds. The average Bonchev–Trinajstić information content (AvgIpc) is 2.84. The van der Waals surface area contributed by atoms with Gasteiger partial charge in [-0.1, -0.05) is 52.9 Å². The van der Waals surface area contributed by atoms with E-state index in [9.17, 15) is 0 Å². The van der Waals surface area contributed by atoms with Gasteiger partial charge in [0.1, 0.15) is 0 Å². The standard InChI is InChI=1S/C13H16N4S2/c1-10-4-6-11(7-5-10)8-18-13-16-15-12(19-13)14-9-17(2)3/h4-7,9H,8H2,1-3H3/b14-9+. The van der Waals surface area contributed by atoms with Crippen molar-refractivity contribution in [2.75, 3.05) is 14.1 Å². The fourth-order valence-electron chi connectivity index (χ4n) is 1.31. The van der Waals surface area contributed by atoms with Crippen molar-refractivity contribution < 1.29 is 0 Å². The van der Waals surface area contributed by atoms with Gasteiger partial charge in [0.25, 0.3) is 0 Å². The van der Waals surface area contributed by atoms with Crippen LogP contribution in [0.3, 0.4) is 0 Å². The van der Waals surface area contributed by atoms with Gasteiger partial charge in [-0.05, 0) is 12.5 Å². The third kappa shape index (κ3) is 4.65. The van der Waals surface area contributed by atoms with Crippen LogP contribution < -0.4 is 0 Å². The molecule has 0 N–H and O–H groups in total. The second-order valence-corrected chi connectivity index (χ2v) is 6.51. The summed E-state index contributed by atoms with van der Waals surface area (Å²) in [4.78, 5) is 6.10. The van der Waals surface area contributed by atoms with Gasteiger partial charge in [-0.15, -0.1) is 10.2 Å². The smallest absolute Gasteiger partial charge is 0.233 e. The lowest BCUT2D eigenvalue weighted by molar-refractivity contribution is 0.643. The molecule has 0 saturated carbocycles. The molecule has 6 heteroatoms. The molecular formula is C13H16N4S2. The van der Waals surface area contributed by atoms with Crippen LogP contribution in [-0.2, 0) is 5.75 Å². The molecule has 1 aromatic heterocycles. The maximum atomic E-state index is 4.23. The lowest BCUT2D eigenvalue weighted by atomic mass is 10.2. The summed E-state index contributed by atoms with van der Waals surface area (Å²) in [6, 6.07) is 8.55. The lowest BCUT2D eigenvalue weighted by Gasteiger charge is -1.99. The van der Waals surface area contributed by atoms with Crippen molar-refractivity contribution in [2.24, 2.45) is 4.99 Å². The quantitative estimate of drug-likeness (QED) is 0.481. The second kappa shape index (κ2) is 6.68. The molecule has 2 rings (SSSR count). The Morgan fingerprint density at radius 2 is 2.00 bits per heavy atom. The number of aromatic nitrogens is 2. The molecular weight excluding hydrogens is 276 g/mol. The molecule has 0 unspecified atom stereocenters. The van der Waals surface area contributed by atoms with Crippen LogP contribution in [0.4, 0.5) is 5.13 Å². The SMILES string of the molecule is Cc1ccc(CSc2nnc(/N=C/N(C)C)s2)cc1. The Kier molecular flexibility index (Phi) is 4.93. The summed E-state index contributed by atoms with van der Waals surface area (Å²) >= 11 is 3.21. The van der Waals surface area contributed by atoms with E-state index < -0.39 is 0 Å². The lowest BCUT2D eigenvalue weighted by Crippen LogP contribution is -2.06. The maximum absolute atomic E-state index is 4.23. The summed E-state index contributed by atoms with van der Waals surface area (Å²) in [5.41, 5.74) is 2.58. The second-order valence-electron chi connectivity index (χ2n) is 4.33. The van der Waals surface area contributed by atoms with Crippen molar-refractivity contribution in [3.63, 3.8) is 0 Å². The minimum Gasteiger partial charge on any atom is -0.369 e. The van der Waals surface area contributed by atoms with Crippen molar-refractivity contribution in [1.82, 2.24) is 15.1 Å². The van der Waals surface area contributed by atoms with Crippen molar-refractivity contribution in [1.29, 1.82) is 0 Å². The molecule has 100 valence electrons.